The minimum absolute atomic E-state index is 0.0388. The highest BCUT2D eigenvalue weighted by Crippen LogP contribution is 2.20. The van der Waals surface area contributed by atoms with Crippen LogP contribution in [-0.4, -0.2) is 39.4 Å². The Morgan fingerprint density at radius 1 is 1.23 bits per heavy atom. The Kier molecular flexibility index (Phi) is 6.13. The van der Waals surface area contributed by atoms with Gasteiger partial charge < -0.3 is 9.73 Å². The van der Waals surface area contributed by atoms with E-state index in [1.807, 2.05) is 18.2 Å². The number of carbonyl (C=O) groups is 1. The number of oxazole rings is 1. The molecule has 162 valence electrons. The van der Waals surface area contributed by atoms with E-state index in [9.17, 15) is 19.7 Å². The first-order chi connectivity index (χ1) is 15.0. The van der Waals surface area contributed by atoms with Gasteiger partial charge in [0.2, 0.25) is 5.91 Å². The fourth-order valence-electron chi connectivity index (χ4n) is 4.01. The minimum Gasteiger partial charge on any atom is -0.407 e. The van der Waals surface area contributed by atoms with E-state index in [1.54, 1.807) is 0 Å². The summed E-state index contributed by atoms with van der Waals surface area (Å²) in [7, 11) is 0. The number of hydrogen-bond donors (Lipinski definition) is 1. The maximum absolute atomic E-state index is 12.3. The van der Waals surface area contributed by atoms with Crippen LogP contribution < -0.4 is 11.1 Å². The Morgan fingerprint density at radius 2 is 2.03 bits per heavy atom. The Hall–Kier alpha value is -3.46. The van der Waals surface area contributed by atoms with Crippen molar-refractivity contribution in [1.82, 2.24) is 14.8 Å². The first kappa shape index (κ1) is 20.8. The van der Waals surface area contributed by atoms with Gasteiger partial charge in [-0.1, -0.05) is 30.3 Å². The summed E-state index contributed by atoms with van der Waals surface area (Å²) in [6.07, 6.45) is 1.68. The number of nitrogens with zero attached hydrogens (tertiary/aromatic N) is 3. The lowest BCUT2D eigenvalue weighted by atomic mass is 10.2. The van der Waals surface area contributed by atoms with E-state index in [4.69, 9.17) is 4.42 Å². The molecule has 0 spiro atoms. The molecule has 0 bridgehead atoms. The fraction of sp³-hybridized carbons (Fsp3) is 0.364. The van der Waals surface area contributed by atoms with Crippen LogP contribution in [0.1, 0.15) is 24.8 Å². The van der Waals surface area contributed by atoms with Crippen molar-refractivity contribution >= 4 is 22.7 Å². The molecule has 1 fully saturated rings. The topological polar surface area (TPSA) is 111 Å². The highest BCUT2D eigenvalue weighted by Gasteiger charge is 2.23. The Labute approximate surface area is 178 Å². The van der Waals surface area contributed by atoms with Gasteiger partial charge in [-0.3, -0.25) is 24.4 Å². The molecule has 1 unspecified atom stereocenters. The molecule has 0 radical (unpaired) electrons. The van der Waals surface area contributed by atoms with Gasteiger partial charge in [0.25, 0.3) is 5.69 Å². The van der Waals surface area contributed by atoms with Crippen molar-refractivity contribution in [3.05, 3.63) is 74.8 Å². The van der Waals surface area contributed by atoms with Crippen LogP contribution in [0.5, 0.6) is 0 Å². The summed E-state index contributed by atoms with van der Waals surface area (Å²) < 4.78 is 6.52. The summed E-state index contributed by atoms with van der Waals surface area (Å²) >= 11 is 0. The second kappa shape index (κ2) is 9.13. The van der Waals surface area contributed by atoms with Gasteiger partial charge in [0, 0.05) is 44.7 Å². The Morgan fingerprint density at radius 3 is 2.81 bits per heavy atom. The van der Waals surface area contributed by atoms with Gasteiger partial charge in [-0.25, -0.2) is 4.79 Å². The van der Waals surface area contributed by atoms with Crippen LogP contribution in [0.3, 0.4) is 0 Å². The number of likely N-dealkylation sites (tertiary alicyclic amines) is 1. The molecule has 1 aromatic heterocycles. The van der Waals surface area contributed by atoms with Crippen LogP contribution in [-0.2, 0) is 17.9 Å². The van der Waals surface area contributed by atoms with Crippen molar-refractivity contribution in [2.45, 2.75) is 38.4 Å². The van der Waals surface area contributed by atoms with Crippen molar-refractivity contribution in [2.75, 3.05) is 13.1 Å². The van der Waals surface area contributed by atoms with E-state index in [0.29, 0.717) is 24.9 Å². The number of nitrogens with one attached hydrogen (secondary N) is 1. The summed E-state index contributed by atoms with van der Waals surface area (Å²) in [6.45, 7) is 2.96. The number of aryl methyl sites for hydroxylation is 1. The summed E-state index contributed by atoms with van der Waals surface area (Å²) in [4.78, 5) is 37.1. The molecule has 31 heavy (non-hydrogen) atoms. The third-order valence-corrected chi connectivity index (χ3v) is 5.53. The molecule has 9 heteroatoms. The molecule has 1 saturated heterocycles. The average molecular weight is 424 g/mol. The van der Waals surface area contributed by atoms with Gasteiger partial charge >= 0.3 is 5.76 Å². The number of fused-ring (bicyclic) bond motifs is 1. The number of rotatable bonds is 8. The number of benzene rings is 2. The average Bonchev–Trinajstić information content (AvgIpc) is 3.31. The van der Waals surface area contributed by atoms with Gasteiger partial charge in [-0.2, -0.15) is 0 Å². The molecule has 0 aliphatic carbocycles. The summed E-state index contributed by atoms with van der Waals surface area (Å²) in [5.41, 5.74) is 1.79. The monoisotopic (exact) mass is 424 g/mol. The number of aromatic nitrogens is 1. The third-order valence-electron chi connectivity index (χ3n) is 5.53. The minimum atomic E-state index is -0.580. The molecule has 1 amide bonds. The molecule has 1 N–H and O–H groups in total. The Bertz CT molecular complexity index is 1140. The highest BCUT2D eigenvalue weighted by molar-refractivity contribution is 5.77. The number of nitro groups is 1. The second-order valence-electron chi connectivity index (χ2n) is 7.81. The predicted octanol–water partition coefficient (Wildman–Crippen LogP) is 2.67. The molecule has 9 nitrogen and oxygen atoms in total. The van der Waals surface area contributed by atoms with E-state index in [1.165, 1.54) is 28.3 Å². The van der Waals surface area contributed by atoms with Crippen LogP contribution in [0.4, 0.5) is 5.69 Å². The lowest BCUT2D eigenvalue weighted by Crippen LogP contribution is -2.37. The van der Waals surface area contributed by atoms with Gasteiger partial charge in [0.05, 0.1) is 16.5 Å². The normalized spacial score (nSPS) is 16.6. The van der Waals surface area contributed by atoms with Gasteiger partial charge in [-0.05, 0) is 24.5 Å². The zero-order valence-corrected chi connectivity index (χ0v) is 17.0. The maximum Gasteiger partial charge on any atom is 0.419 e. The van der Waals surface area contributed by atoms with E-state index in [0.717, 1.165) is 26.1 Å². The smallest absolute Gasteiger partial charge is 0.407 e. The summed E-state index contributed by atoms with van der Waals surface area (Å²) in [5.74, 6) is -0.619. The van der Waals surface area contributed by atoms with E-state index >= 15 is 0 Å². The molecule has 1 atom stereocenters. The number of carbonyl (C=O) groups excluding carboxylic acids is 1. The van der Waals surface area contributed by atoms with E-state index < -0.39 is 10.7 Å². The third kappa shape index (κ3) is 5.00. The summed E-state index contributed by atoms with van der Waals surface area (Å²) in [6, 6.07) is 14.5. The van der Waals surface area contributed by atoms with Crippen LogP contribution in [0.25, 0.3) is 11.1 Å². The maximum atomic E-state index is 12.3. The van der Waals surface area contributed by atoms with Crippen molar-refractivity contribution in [2.24, 2.45) is 0 Å². The lowest BCUT2D eigenvalue weighted by molar-refractivity contribution is -0.384. The highest BCUT2D eigenvalue weighted by atomic mass is 16.6. The molecule has 1 aliphatic heterocycles. The number of non-ortho nitro benzene ring substituents is 1. The first-order valence-electron chi connectivity index (χ1n) is 10.3. The molecule has 3 aromatic rings. The zero-order valence-electron chi connectivity index (χ0n) is 17.0. The fourth-order valence-corrected chi connectivity index (χ4v) is 4.01. The first-order valence-corrected chi connectivity index (χ1v) is 10.3. The van der Waals surface area contributed by atoms with Crippen LogP contribution >= 0.6 is 0 Å². The SMILES string of the molecule is O=C(CCCn1c(=O)oc2cc([N+](=O)[O-])ccc21)NC1CCN(Cc2ccccc2)C1. The largest absolute Gasteiger partial charge is 0.419 e. The number of amides is 1. The predicted molar refractivity (Wildman–Crippen MR) is 115 cm³/mol. The molecule has 2 aromatic carbocycles. The molecule has 1 aliphatic rings. The van der Waals surface area contributed by atoms with Crippen LogP contribution in [0, 0.1) is 10.1 Å². The van der Waals surface area contributed by atoms with Crippen molar-refractivity contribution in [3.8, 4) is 0 Å². The zero-order chi connectivity index (χ0) is 21.8. The van der Waals surface area contributed by atoms with Gasteiger partial charge in [-0.15, -0.1) is 0 Å². The van der Waals surface area contributed by atoms with Gasteiger partial charge in [0.1, 0.15) is 0 Å². The van der Waals surface area contributed by atoms with Crippen LogP contribution in [0.2, 0.25) is 0 Å². The molecule has 2 heterocycles. The molecule has 4 rings (SSSR count). The molecule has 0 saturated carbocycles. The standard InChI is InChI=1S/C22H24N4O5/c27-21(23-17-10-12-24(15-17)14-16-5-2-1-3-6-16)7-4-11-25-19-9-8-18(26(29)30)13-20(19)31-22(25)28/h1-3,5-6,8-9,13,17H,4,7,10-12,14-15H2,(H,23,27). The Balaban J connectivity index is 1.26. The van der Waals surface area contributed by atoms with E-state index in [2.05, 4.69) is 22.3 Å². The molecular weight excluding hydrogens is 400 g/mol. The quantitative estimate of drug-likeness (QED) is 0.440. The van der Waals surface area contributed by atoms with Crippen LogP contribution in [0.15, 0.2) is 57.7 Å². The van der Waals surface area contributed by atoms with E-state index in [-0.39, 0.29) is 23.2 Å². The van der Waals surface area contributed by atoms with Gasteiger partial charge in [0.15, 0.2) is 5.58 Å². The van der Waals surface area contributed by atoms with Crippen molar-refractivity contribution in [3.63, 3.8) is 0 Å². The lowest BCUT2D eigenvalue weighted by Gasteiger charge is -2.16. The molecular formula is C22H24N4O5. The summed E-state index contributed by atoms with van der Waals surface area (Å²) in [5, 5.41) is 13.9. The van der Waals surface area contributed by atoms with Crippen molar-refractivity contribution in [1.29, 1.82) is 0 Å². The second-order valence-corrected chi connectivity index (χ2v) is 7.81. The number of hydrogen-bond acceptors (Lipinski definition) is 6. The number of nitro benzene ring substituents is 1. The van der Waals surface area contributed by atoms with Crippen molar-refractivity contribution < 1.29 is 14.1 Å².